The molecule has 226 valence electrons. The summed E-state index contributed by atoms with van der Waals surface area (Å²) in [4.78, 5) is 7.72. The molecule has 0 radical (unpaired) electrons. The van der Waals surface area contributed by atoms with Crippen LogP contribution in [0, 0.1) is 13.1 Å². The third kappa shape index (κ3) is 3.79. The van der Waals surface area contributed by atoms with E-state index < -0.39 is 0 Å². The first kappa shape index (κ1) is 27.1. The Bertz CT molecular complexity index is 3090. The zero-order chi connectivity index (χ0) is 32.6. The SMILES string of the molecule is [C-]#[N+]c1ccc2c(c1)c1ccccc1n2-c1c([N+]#[C-])cccc1-c1cccc(-n2c3ccccc3c3c4oc5ccccc5c4ccc32)c1. The predicted molar refractivity (Wildman–Crippen MR) is 200 cm³/mol. The van der Waals surface area contributed by atoms with Crippen LogP contribution < -0.4 is 0 Å². The van der Waals surface area contributed by atoms with E-state index in [2.05, 4.69) is 110 Å². The highest BCUT2D eigenvalue weighted by Crippen LogP contribution is 2.44. The molecule has 10 aromatic rings. The summed E-state index contributed by atoms with van der Waals surface area (Å²) in [6.07, 6.45) is 0. The molecule has 0 saturated carbocycles. The minimum atomic E-state index is 0.559. The summed E-state index contributed by atoms with van der Waals surface area (Å²) in [5.41, 5.74) is 10.8. The van der Waals surface area contributed by atoms with Crippen molar-refractivity contribution in [1.29, 1.82) is 0 Å². The van der Waals surface area contributed by atoms with Gasteiger partial charge in [-0.2, -0.15) is 0 Å². The number of rotatable bonds is 3. The van der Waals surface area contributed by atoms with Crippen LogP contribution in [-0.4, -0.2) is 9.13 Å². The van der Waals surface area contributed by atoms with Gasteiger partial charge in [0.1, 0.15) is 11.2 Å². The molecular formula is C44H24N4O. The first-order chi connectivity index (χ1) is 24.2. The highest BCUT2D eigenvalue weighted by Gasteiger charge is 2.21. The fraction of sp³-hybridized carbons (Fsp3) is 0. The lowest BCUT2D eigenvalue weighted by Crippen LogP contribution is -1.99. The van der Waals surface area contributed by atoms with E-state index in [1.54, 1.807) is 0 Å². The molecule has 7 aromatic carbocycles. The first-order valence-corrected chi connectivity index (χ1v) is 16.1. The number of fused-ring (bicyclic) bond motifs is 10. The Kier molecular flexibility index (Phi) is 5.64. The average molecular weight is 625 g/mol. The molecule has 0 aliphatic carbocycles. The Balaban J connectivity index is 1.25. The molecule has 0 bridgehead atoms. The highest BCUT2D eigenvalue weighted by molar-refractivity contribution is 6.24. The lowest BCUT2D eigenvalue weighted by atomic mass is 10.0. The van der Waals surface area contributed by atoms with Crippen LogP contribution in [0.15, 0.2) is 150 Å². The molecule has 0 aliphatic rings. The second-order valence-corrected chi connectivity index (χ2v) is 12.3. The van der Waals surface area contributed by atoms with Gasteiger partial charge in [0, 0.05) is 27.2 Å². The maximum Gasteiger partial charge on any atom is 0.211 e. The summed E-state index contributed by atoms with van der Waals surface area (Å²) in [6, 6.07) is 49.6. The van der Waals surface area contributed by atoms with Gasteiger partial charge in [-0.3, -0.25) is 0 Å². The Labute approximate surface area is 280 Å². The number of furan rings is 1. The topological polar surface area (TPSA) is 31.7 Å². The standard InChI is InChI=1S/C44H24N4O/c1-45-28-21-23-39-35(26-28)31-13-3-6-18-37(31)48(39)43-30(16-10-17-36(43)46-2)27-11-9-12-29(25-27)47-38-19-7-4-15-34(38)42-40(47)24-22-33-32-14-5-8-20-41(32)49-44(33)42/h3-26H. The van der Waals surface area contributed by atoms with Crippen molar-refractivity contribution in [3.63, 3.8) is 0 Å². The summed E-state index contributed by atoms with van der Waals surface area (Å²) in [7, 11) is 0. The van der Waals surface area contributed by atoms with E-state index in [-0.39, 0.29) is 0 Å². The molecule has 10 rings (SSSR count). The molecule has 5 heteroatoms. The van der Waals surface area contributed by atoms with Gasteiger partial charge < -0.3 is 13.6 Å². The van der Waals surface area contributed by atoms with Gasteiger partial charge >= 0.3 is 0 Å². The van der Waals surface area contributed by atoms with Crippen LogP contribution in [0.1, 0.15) is 0 Å². The average Bonchev–Trinajstić information content (AvgIpc) is 3.82. The lowest BCUT2D eigenvalue weighted by Gasteiger charge is -2.17. The second kappa shape index (κ2) is 10.2. The van der Waals surface area contributed by atoms with Crippen molar-refractivity contribution in [2.75, 3.05) is 0 Å². The summed E-state index contributed by atoms with van der Waals surface area (Å²) in [5, 5.41) is 6.48. The second-order valence-electron chi connectivity index (χ2n) is 12.3. The number of hydrogen-bond donors (Lipinski definition) is 0. The van der Waals surface area contributed by atoms with Crippen LogP contribution >= 0.6 is 0 Å². The molecule has 0 unspecified atom stereocenters. The van der Waals surface area contributed by atoms with Gasteiger partial charge in [0.25, 0.3) is 0 Å². The molecule has 0 fully saturated rings. The van der Waals surface area contributed by atoms with Crippen LogP contribution in [0.2, 0.25) is 0 Å². The van der Waals surface area contributed by atoms with Crippen LogP contribution in [0.3, 0.4) is 0 Å². The number of para-hydroxylation sites is 4. The maximum atomic E-state index is 8.23. The van der Waals surface area contributed by atoms with Crippen LogP contribution in [0.5, 0.6) is 0 Å². The zero-order valence-corrected chi connectivity index (χ0v) is 26.1. The molecule has 0 spiro atoms. The van der Waals surface area contributed by atoms with Crippen molar-refractivity contribution < 1.29 is 4.42 Å². The third-order valence-electron chi connectivity index (χ3n) is 9.74. The van der Waals surface area contributed by atoms with Gasteiger partial charge in [-0.1, -0.05) is 91.0 Å². The number of nitrogens with zero attached hydrogens (tertiary/aromatic N) is 4. The van der Waals surface area contributed by atoms with Gasteiger partial charge in [-0.05, 0) is 71.1 Å². The minimum absolute atomic E-state index is 0.559. The number of benzene rings is 7. The van der Waals surface area contributed by atoms with Crippen LogP contribution in [0.25, 0.3) is 97.7 Å². The van der Waals surface area contributed by atoms with E-state index in [1.165, 1.54) is 0 Å². The number of hydrogen-bond acceptors (Lipinski definition) is 1. The van der Waals surface area contributed by atoms with E-state index in [4.69, 9.17) is 17.6 Å². The van der Waals surface area contributed by atoms with Crippen LogP contribution in [0.4, 0.5) is 11.4 Å². The van der Waals surface area contributed by atoms with Crippen molar-refractivity contribution in [1.82, 2.24) is 9.13 Å². The van der Waals surface area contributed by atoms with E-state index in [9.17, 15) is 0 Å². The monoisotopic (exact) mass is 624 g/mol. The summed E-state index contributed by atoms with van der Waals surface area (Å²) in [6.45, 7) is 15.9. The lowest BCUT2D eigenvalue weighted by molar-refractivity contribution is 0.673. The number of aromatic nitrogens is 2. The van der Waals surface area contributed by atoms with E-state index in [1.807, 2.05) is 54.6 Å². The van der Waals surface area contributed by atoms with Gasteiger partial charge in [-0.15, -0.1) is 0 Å². The van der Waals surface area contributed by atoms with Gasteiger partial charge in [0.05, 0.1) is 46.3 Å². The van der Waals surface area contributed by atoms with Crippen LogP contribution in [-0.2, 0) is 0 Å². The Morgan fingerprint density at radius 3 is 2.04 bits per heavy atom. The minimum Gasteiger partial charge on any atom is -0.455 e. The fourth-order valence-electron chi connectivity index (χ4n) is 7.69. The summed E-state index contributed by atoms with van der Waals surface area (Å²) < 4.78 is 11.0. The molecule has 0 aliphatic heterocycles. The van der Waals surface area contributed by atoms with Gasteiger partial charge in [-0.25, -0.2) is 9.69 Å². The Hall–Kier alpha value is -7.08. The molecular weight excluding hydrogens is 601 g/mol. The normalized spacial score (nSPS) is 11.6. The maximum absolute atomic E-state index is 8.23. The smallest absolute Gasteiger partial charge is 0.211 e. The van der Waals surface area contributed by atoms with Crippen molar-refractivity contribution in [2.24, 2.45) is 0 Å². The Morgan fingerprint density at radius 1 is 0.490 bits per heavy atom. The van der Waals surface area contributed by atoms with Gasteiger partial charge in [0.15, 0.2) is 5.69 Å². The largest absolute Gasteiger partial charge is 0.455 e. The molecule has 0 atom stereocenters. The Morgan fingerprint density at radius 2 is 1.20 bits per heavy atom. The third-order valence-corrected chi connectivity index (χ3v) is 9.74. The van der Waals surface area contributed by atoms with E-state index in [0.717, 1.165) is 88.1 Å². The first-order valence-electron chi connectivity index (χ1n) is 16.1. The summed E-state index contributed by atoms with van der Waals surface area (Å²) in [5.74, 6) is 0. The molecule has 3 heterocycles. The van der Waals surface area contributed by atoms with Crippen molar-refractivity contribution in [3.8, 4) is 22.5 Å². The summed E-state index contributed by atoms with van der Waals surface area (Å²) >= 11 is 0. The zero-order valence-electron chi connectivity index (χ0n) is 26.1. The molecule has 3 aromatic heterocycles. The quantitative estimate of drug-likeness (QED) is 0.180. The van der Waals surface area contributed by atoms with E-state index in [0.29, 0.717) is 11.4 Å². The molecule has 5 nitrogen and oxygen atoms in total. The molecule has 0 saturated heterocycles. The van der Waals surface area contributed by atoms with Crippen molar-refractivity contribution >= 4 is 76.9 Å². The van der Waals surface area contributed by atoms with Crippen molar-refractivity contribution in [2.45, 2.75) is 0 Å². The molecule has 0 N–H and O–H groups in total. The van der Waals surface area contributed by atoms with Crippen molar-refractivity contribution in [3.05, 3.63) is 168 Å². The fourth-order valence-corrected chi connectivity index (χ4v) is 7.69. The molecule has 0 amide bonds. The predicted octanol–water partition coefficient (Wildman–Crippen LogP) is 12.5. The van der Waals surface area contributed by atoms with Gasteiger partial charge in [0.2, 0.25) is 5.69 Å². The highest BCUT2D eigenvalue weighted by atomic mass is 16.3. The molecule has 49 heavy (non-hydrogen) atoms. The van der Waals surface area contributed by atoms with E-state index >= 15 is 0 Å².